The van der Waals surface area contributed by atoms with Gasteiger partial charge < -0.3 is 9.84 Å². The predicted octanol–water partition coefficient (Wildman–Crippen LogP) is 1.14. The van der Waals surface area contributed by atoms with E-state index in [4.69, 9.17) is 9.84 Å². The molecule has 0 aliphatic carbocycles. The third kappa shape index (κ3) is 11.5. The van der Waals surface area contributed by atoms with E-state index >= 15 is 0 Å². The SMILES string of the molecule is CC(O)OCCCCCC=[N+]=C=S. The second-order valence-electron chi connectivity index (χ2n) is 2.72. The lowest BCUT2D eigenvalue weighted by molar-refractivity contribution is -0.0858. The highest BCUT2D eigenvalue weighted by molar-refractivity contribution is 7.78. The van der Waals surface area contributed by atoms with Crippen molar-refractivity contribution in [1.29, 1.82) is 0 Å². The van der Waals surface area contributed by atoms with Gasteiger partial charge in [0.15, 0.2) is 6.29 Å². The van der Waals surface area contributed by atoms with Crippen molar-refractivity contribution in [3.63, 3.8) is 0 Å². The number of ether oxygens (including phenoxy) is 1. The van der Waals surface area contributed by atoms with Gasteiger partial charge >= 0.3 is 5.16 Å². The minimum atomic E-state index is -0.647. The second-order valence-corrected chi connectivity index (χ2v) is 2.90. The maximum absolute atomic E-state index is 8.76. The lowest BCUT2D eigenvalue weighted by atomic mass is 10.2. The first-order valence-electron chi connectivity index (χ1n) is 4.45. The van der Waals surface area contributed by atoms with E-state index < -0.39 is 6.29 Å². The van der Waals surface area contributed by atoms with Crippen LogP contribution in [0.5, 0.6) is 0 Å². The first-order chi connectivity index (χ1) is 6.27. The van der Waals surface area contributed by atoms with Gasteiger partial charge in [0.2, 0.25) is 0 Å². The summed E-state index contributed by atoms with van der Waals surface area (Å²) in [6.07, 6.45) is 5.17. The van der Waals surface area contributed by atoms with Crippen LogP contribution in [0.25, 0.3) is 0 Å². The molecule has 0 radical (unpaired) electrons. The maximum atomic E-state index is 8.76. The molecular weight excluding hydrogens is 186 g/mol. The van der Waals surface area contributed by atoms with Gasteiger partial charge in [0, 0.05) is 13.0 Å². The molecule has 0 amide bonds. The summed E-state index contributed by atoms with van der Waals surface area (Å²) in [6.45, 7) is 2.23. The van der Waals surface area contributed by atoms with Crippen LogP contribution in [0.1, 0.15) is 32.6 Å². The van der Waals surface area contributed by atoms with Crippen molar-refractivity contribution in [2.24, 2.45) is 0 Å². The average molecular weight is 202 g/mol. The van der Waals surface area contributed by atoms with Crippen LogP contribution in [0.4, 0.5) is 0 Å². The molecule has 0 rings (SSSR count). The van der Waals surface area contributed by atoms with Crippen molar-refractivity contribution in [3.05, 3.63) is 0 Å². The third-order valence-corrected chi connectivity index (χ3v) is 1.59. The number of hydrogen-bond acceptors (Lipinski definition) is 3. The molecule has 1 N–H and O–H groups in total. The lowest BCUT2D eigenvalue weighted by Crippen LogP contribution is -2.07. The average Bonchev–Trinajstić information content (AvgIpc) is 2.09. The molecule has 1 atom stereocenters. The largest absolute Gasteiger partial charge is 0.392 e. The quantitative estimate of drug-likeness (QED) is 0.221. The Bertz CT molecular complexity index is 194. The third-order valence-electron chi connectivity index (χ3n) is 1.48. The van der Waals surface area contributed by atoms with Gasteiger partial charge in [-0.3, -0.25) is 0 Å². The predicted molar refractivity (Wildman–Crippen MR) is 56.9 cm³/mol. The fourth-order valence-corrected chi connectivity index (χ4v) is 0.945. The Labute approximate surface area is 84.2 Å². The highest BCUT2D eigenvalue weighted by Gasteiger charge is 1.94. The number of nitrogens with zero attached hydrogens (tertiary/aromatic N) is 1. The van der Waals surface area contributed by atoms with Gasteiger partial charge in [-0.1, -0.05) is 6.42 Å². The number of hydrogen-bond donors (Lipinski definition) is 1. The molecule has 0 aromatic rings. The van der Waals surface area contributed by atoms with E-state index in [-0.39, 0.29) is 0 Å². The molecule has 3 nitrogen and oxygen atoms in total. The van der Waals surface area contributed by atoms with E-state index in [2.05, 4.69) is 22.0 Å². The maximum Gasteiger partial charge on any atom is 0.392 e. The van der Waals surface area contributed by atoms with Gasteiger partial charge in [-0.05, 0) is 24.4 Å². The van der Waals surface area contributed by atoms with Gasteiger partial charge in [0.1, 0.15) is 0 Å². The summed E-state index contributed by atoms with van der Waals surface area (Å²) in [5.41, 5.74) is 0. The van der Waals surface area contributed by atoms with Gasteiger partial charge in [-0.25, -0.2) is 0 Å². The Balaban J connectivity index is 3.08. The van der Waals surface area contributed by atoms with Crippen molar-refractivity contribution in [1.82, 2.24) is 4.67 Å². The monoisotopic (exact) mass is 202 g/mol. The molecule has 0 heterocycles. The molecule has 0 bridgehead atoms. The van der Waals surface area contributed by atoms with Crippen LogP contribution < -0.4 is 4.67 Å². The molecule has 0 aromatic carbocycles. The van der Waals surface area contributed by atoms with Crippen molar-refractivity contribution in [3.8, 4) is 0 Å². The second kappa shape index (κ2) is 9.59. The van der Waals surface area contributed by atoms with Gasteiger partial charge in [-0.2, -0.15) is 0 Å². The Kier molecular flexibility index (Phi) is 9.22. The number of unbranched alkanes of at least 4 members (excludes halogenated alkanes) is 3. The van der Waals surface area contributed by atoms with Crippen LogP contribution in [0, 0.1) is 0 Å². The van der Waals surface area contributed by atoms with E-state index in [1.54, 1.807) is 13.1 Å². The summed E-state index contributed by atoms with van der Waals surface area (Å²) in [5, 5.41) is 11.0. The molecule has 4 heteroatoms. The van der Waals surface area contributed by atoms with Crippen molar-refractivity contribution in [2.75, 3.05) is 6.61 Å². The zero-order chi connectivity index (χ0) is 9.94. The number of thiocarbonyl (C=S) groups is 1. The zero-order valence-corrected chi connectivity index (χ0v) is 8.72. The van der Waals surface area contributed by atoms with Crippen LogP contribution >= 0.6 is 12.2 Å². The molecule has 0 aliphatic heterocycles. The van der Waals surface area contributed by atoms with E-state index in [1.165, 1.54) is 0 Å². The topological polar surface area (TPSA) is 43.6 Å². The smallest absolute Gasteiger partial charge is 0.368 e. The minimum Gasteiger partial charge on any atom is -0.368 e. The van der Waals surface area contributed by atoms with Gasteiger partial charge in [0.25, 0.3) is 6.21 Å². The standard InChI is InChI=1S/C9H16NO2S/c1-9(11)12-7-5-3-2-4-6-10-8-13/h6,9,11H,2-5,7H2,1H3/q+1. The molecule has 13 heavy (non-hydrogen) atoms. The first-order valence-corrected chi connectivity index (χ1v) is 4.86. The van der Waals surface area contributed by atoms with Gasteiger partial charge in [0.05, 0.1) is 12.2 Å². The summed E-state index contributed by atoms with van der Waals surface area (Å²) >= 11 is 4.40. The van der Waals surface area contributed by atoms with Crippen molar-refractivity contribution < 1.29 is 9.84 Å². The summed E-state index contributed by atoms with van der Waals surface area (Å²) in [4.78, 5) is 0. The molecule has 0 saturated heterocycles. The van der Waals surface area contributed by atoms with Crippen molar-refractivity contribution >= 4 is 23.6 Å². The highest BCUT2D eigenvalue weighted by Crippen LogP contribution is 1.98. The number of isothiocyanates is 1. The molecule has 0 saturated carbocycles. The zero-order valence-electron chi connectivity index (χ0n) is 7.90. The summed E-state index contributed by atoms with van der Waals surface area (Å²) in [5.74, 6) is 0. The highest BCUT2D eigenvalue weighted by atomic mass is 32.1. The number of aliphatic hydroxyl groups is 1. The Morgan fingerprint density at radius 3 is 2.92 bits per heavy atom. The summed E-state index contributed by atoms with van der Waals surface area (Å²) in [7, 11) is 0. The molecule has 0 spiro atoms. The Hall–Kier alpha value is -0.500. The van der Waals surface area contributed by atoms with E-state index in [9.17, 15) is 0 Å². The first kappa shape index (κ1) is 12.5. The fraction of sp³-hybridized carbons (Fsp3) is 0.778. The molecule has 74 valence electrons. The number of rotatable bonds is 7. The van der Waals surface area contributed by atoms with Crippen LogP contribution in [0.2, 0.25) is 0 Å². The van der Waals surface area contributed by atoms with E-state index in [0.717, 1.165) is 25.7 Å². The molecule has 1 unspecified atom stereocenters. The molecule has 0 aromatic heterocycles. The fourth-order valence-electron chi connectivity index (χ4n) is 0.870. The summed E-state index contributed by atoms with van der Waals surface area (Å²) in [6, 6.07) is 0. The normalized spacial score (nSPS) is 11.5. The lowest BCUT2D eigenvalue weighted by Gasteiger charge is -2.04. The molecular formula is C9H16NO2S+. The van der Waals surface area contributed by atoms with Crippen molar-refractivity contribution in [2.45, 2.75) is 38.9 Å². The molecule has 0 aliphatic rings. The van der Waals surface area contributed by atoms with Crippen LogP contribution in [-0.4, -0.2) is 29.4 Å². The van der Waals surface area contributed by atoms with Crippen LogP contribution in [0.15, 0.2) is 0 Å². The van der Waals surface area contributed by atoms with E-state index in [0.29, 0.717) is 6.61 Å². The summed E-state index contributed by atoms with van der Waals surface area (Å²) < 4.78 is 8.65. The Morgan fingerprint density at radius 2 is 2.31 bits per heavy atom. The molecule has 0 fully saturated rings. The Morgan fingerprint density at radius 1 is 1.54 bits per heavy atom. The number of aliphatic hydroxyl groups excluding tert-OH is 1. The minimum absolute atomic E-state index is 0.619. The van der Waals surface area contributed by atoms with E-state index in [1.807, 2.05) is 0 Å². The van der Waals surface area contributed by atoms with Gasteiger partial charge in [-0.15, -0.1) is 0 Å². The van der Waals surface area contributed by atoms with Crippen LogP contribution in [-0.2, 0) is 4.74 Å². The van der Waals surface area contributed by atoms with Crippen LogP contribution in [0.3, 0.4) is 0 Å².